The summed E-state index contributed by atoms with van der Waals surface area (Å²) in [5.41, 5.74) is 7.57. The predicted molar refractivity (Wildman–Crippen MR) is 84.8 cm³/mol. The second kappa shape index (κ2) is 6.54. The van der Waals surface area contributed by atoms with E-state index in [9.17, 15) is 0 Å². The predicted octanol–water partition coefficient (Wildman–Crippen LogP) is 2.14. The maximum atomic E-state index is 5.59. The summed E-state index contributed by atoms with van der Waals surface area (Å²) in [7, 11) is 0. The van der Waals surface area contributed by atoms with Crippen LogP contribution in [0, 0.1) is 0 Å². The standard InChI is InChI=1S/C16H21N5/c17-14-10-18-16(19-11-14)20-15-6-8-21(9-7-15)12-13-4-2-1-3-5-13/h1-5,10-11,15H,6-9,12,17H2,(H,18,19,20). The number of aromatic nitrogens is 2. The van der Waals surface area contributed by atoms with Crippen LogP contribution in [-0.2, 0) is 6.54 Å². The highest BCUT2D eigenvalue weighted by molar-refractivity contribution is 5.36. The van der Waals surface area contributed by atoms with Crippen molar-refractivity contribution in [3.05, 3.63) is 48.3 Å². The molecule has 0 spiro atoms. The monoisotopic (exact) mass is 283 g/mol. The average Bonchev–Trinajstić information content (AvgIpc) is 2.53. The number of rotatable bonds is 4. The molecule has 5 heteroatoms. The minimum absolute atomic E-state index is 0.445. The first-order valence-electron chi connectivity index (χ1n) is 7.40. The first-order chi connectivity index (χ1) is 10.3. The van der Waals surface area contributed by atoms with Crippen molar-refractivity contribution in [3.8, 4) is 0 Å². The van der Waals surface area contributed by atoms with Crippen LogP contribution < -0.4 is 11.1 Å². The van der Waals surface area contributed by atoms with Crippen LogP contribution in [0.1, 0.15) is 18.4 Å². The number of hydrogen-bond donors (Lipinski definition) is 2. The Balaban J connectivity index is 1.47. The van der Waals surface area contributed by atoms with E-state index in [0.717, 1.165) is 32.5 Å². The zero-order valence-electron chi connectivity index (χ0n) is 12.1. The van der Waals surface area contributed by atoms with Crippen molar-refractivity contribution in [3.63, 3.8) is 0 Å². The minimum atomic E-state index is 0.445. The maximum absolute atomic E-state index is 5.59. The quantitative estimate of drug-likeness (QED) is 0.900. The molecule has 1 aromatic heterocycles. The van der Waals surface area contributed by atoms with Gasteiger partial charge in [-0.2, -0.15) is 0 Å². The van der Waals surface area contributed by atoms with Crippen molar-refractivity contribution in [1.82, 2.24) is 14.9 Å². The largest absolute Gasteiger partial charge is 0.396 e. The fourth-order valence-electron chi connectivity index (χ4n) is 2.67. The summed E-state index contributed by atoms with van der Waals surface area (Å²) in [4.78, 5) is 10.9. The Labute approximate surface area is 125 Å². The van der Waals surface area contributed by atoms with E-state index in [2.05, 4.69) is 50.5 Å². The van der Waals surface area contributed by atoms with Gasteiger partial charge in [0.2, 0.25) is 5.95 Å². The topological polar surface area (TPSA) is 67.1 Å². The summed E-state index contributed by atoms with van der Waals surface area (Å²) in [6.45, 7) is 3.23. The van der Waals surface area contributed by atoms with Crippen molar-refractivity contribution in [2.24, 2.45) is 0 Å². The lowest BCUT2D eigenvalue weighted by Gasteiger charge is -2.32. The SMILES string of the molecule is Nc1cnc(NC2CCN(Cc3ccccc3)CC2)nc1. The van der Waals surface area contributed by atoms with Gasteiger partial charge >= 0.3 is 0 Å². The van der Waals surface area contributed by atoms with Crippen molar-refractivity contribution in [2.75, 3.05) is 24.1 Å². The highest BCUT2D eigenvalue weighted by Gasteiger charge is 2.19. The number of benzene rings is 1. The van der Waals surface area contributed by atoms with Gasteiger partial charge in [0, 0.05) is 25.7 Å². The Morgan fingerprint density at radius 3 is 2.43 bits per heavy atom. The second-order valence-corrected chi connectivity index (χ2v) is 5.52. The molecular formula is C16H21N5. The molecule has 1 fully saturated rings. The van der Waals surface area contributed by atoms with Crippen LogP contribution in [-0.4, -0.2) is 34.0 Å². The van der Waals surface area contributed by atoms with E-state index in [1.54, 1.807) is 12.4 Å². The van der Waals surface area contributed by atoms with Crippen molar-refractivity contribution in [2.45, 2.75) is 25.4 Å². The van der Waals surface area contributed by atoms with E-state index in [-0.39, 0.29) is 0 Å². The number of anilines is 2. The fourth-order valence-corrected chi connectivity index (χ4v) is 2.67. The highest BCUT2D eigenvalue weighted by Crippen LogP contribution is 2.16. The molecule has 1 aliphatic rings. The van der Waals surface area contributed by atoms with Crippen LogP contribution in [0.3, 0.4) is 0 Å². The number of likely N-dealkylation sites (tertiary alicyclic amines) is 1. The Bertz CT molecular complexity index is 547. The van der Waals surface area contributed by atoms with E-state index >= 15 is 0 Å². The van der Waals surface area contributed by atoms with Crippen molar-refractivity contribution in [1.29, 1.82) is 0 Å². The van der Waals surface area contributed by atoms with Crippen LogP contribution in [0.2, 0.25) is 0 Å². The number of nitrogens with zero attached hydrogens (tertiary/aromatic N) is 3. The molecule has 0 saturated carbocycles. The van der Waals surface area contributed by atoms with E-state index in [1.807, 2.05) is 0 Å². The highest BCUT2D eigenvalue weighted by atomic mass is 15.2. The molecule has 0 radical (unpaired) electrons. The van der Waals surface area contributed by atoms with Crippen LogP contribution in [0.4, 0.5) is 11.6 Å². The van der Waals surface area contributed by atoms with Gasteiger partial charge in [0.25, 0.3) is 0 Å². The number of nitrogens with one attached hydrogen (secondary N) is 1. The number of nitrogen functional groups attached to an aromatic ring is 1. The number of hydrogen-bond acceptors (Lipinski definition) is 5. The average molecular weight is 283 g/mol. The van der Waals surface area contributed by atoms with Crippen molar-refractivity contribution >= 4 is 11.6 Å². The number of piperidine rings is 1. The smallest absolute Gasteiger partial charge is 0.222 e. The van der Waals surface area contributed by atoms with Gasteiger partial charge in [-0.25, -0.2) is 9.97 Å². The van der Waals surface area contributed by atoms with Crippen molar-refractivity contribution < 1.29 is 0 Å². The molecule has 3 N–H and O–H groups in total. The fraction of sp³-hybridized carbons (Fsp3) is 0.375. The first kappa shape index (κ1) is 13.8. The Hall–Kier alpha value is -2.14. The van der Waals surface area contributed by atoms with Gasteiger partial charge in [-0.1, -0.05) is 30.3 Å². The molecule has 0 unspecified atom stereocenters. The van der Waals surface area contributed by atoms with E-state index in [0.29, 0.717) is 17.7 Å². The molecule has 2 heterocycles. The molecule has 2 aromatic rings. The summed E-state index contributed by atoms with van der Waals surface area (Å²) >= 11 is 0. The molecule has 3 rings (SSSR count). The summed E-state index contributed by atoms with van der Waals surface area (Å²) in [6, 6.07) is 11.1. The van der Waals surface area contributed by atoms with Crippen LogP contribution >= 0.6 is 0 Å². The third-order valence-corrected chi connectivity index (χ3v) is 3.84. The summed E-state index contributed by atoms with van der Waals surface area (Å²) in [6.07, 6.45) is 5.50. The van der Waals surface area contributed by atoms with Gasteiger partial charge in [-0.15, -0.1) is 0 Å². The summed E-state index contributed by atoms with van der Waals surface area (Å²) in [5, 5.41) is 3.39. The van der Waals surface area contributed by atoms with E-state index in [4.69, 9.17) is 5.73 Å². The van der Waals surface area contributed by atoms with Gasteiger partial charge in [0.05, 0.1) is 18.1 Å². The maximum Gasteiger partial charge on any atom is 0.222 e. The van der Waals surface area contributed by atoms with Gasteiger partial charge in [0.15, 0.2) is 0 Å². The zero-order valence-corrected chi connectivity index (χ0v) is 12.1. The van der Waals surface area contributed by atoms with Crippen LogP contribution in [0.5, 0.6) is 0 Å². The molecule has 1 aliphatic heterocycles. The molecule has 0 aliphatic carbocycles. The van der Waals surface area contributed by atoms with Gasteiger partial charge < -0.3 is 11.1 Å². The summed E-state index contributed by atoms with van der Waals surface area (Å²) in [5.74, 6) is 0.672. The second-order valence-electron chi connectivity index (χ2n) is 5.52. The lowest BCUT2D eigenvalue weighted by molar-refractivity contribution is 0.211. The molecule has 21 heavy (non-hydrogen) atoms. The zero-order chi connectivity index (χ0) is 14.5. The molecule has 1 saturated heterocycles. The molecule has 0 atom stereocenters. The third kappa shape index (κ3) is 3.92. The van der Waals surface area contributed by atoms with Crippen LogP contribution in [0.15, 0.2) is 42.7 Å². The van der Waals surface area contributed by atoms with E-state index < -0.39 is 0 Å². The van der Waals surface area contributed by atoms with E-state index in [1.165, 1.54) is 5.56 Å². The molecule has 5 nitrogen and oxygen atoms in total. The third-order valence-electron chi connectivity index (χ3n) is 3.84. The molecular weight excluding hydrogens is 262 g/mol. The molecule has 1 aromatic carbocycles. The normalized spacial score (nSPS) is 16.8. The van der Waals surface area contributed by atoms with Gasteiger partial charge in [-0.3, -0.25) is 4.90 Å². The number of nitrogens with two attached hydrogens (primary N) is 1. The molecule has 110 valence electrons. The molecule has 0 bridgehead atoms. The summed E-state index contributed by atoms with van der Waals surface area (Å²) < 4.78 is 0. The Kier molecular flexibility index (Phi) is 4.31. The lowest BCUT2D eigenvalue weighted by Crippen LogP contribution is -2.38. The molecule has 0 amide bonds. The lowest BCUT2D eigenvalue weighted by atomic mass is 10.0. The minimum Gasteiger partial charge on any atom is -0.396 e. The van der Waals surface area contributed by atoms with Gasteiger partial charge in [0.1, 0.15) is 0 Å². The Morgan fingerprint density at radius 2 is 1.76 bits per heavy atom. The van der Waals surface area contributed by atoms with Crippen LogP contribution in [0.25, 0.3) is 0 Å². The first-order valence-corrected chi connectivity index (χ1v) is 7.40. The Morgan fingerprint density at radius 1 is 1.10 bits per heavy atom. The van der Waals surface area contributed by atoms with Gasteiger partial charge in [-0.05, 0) is 18.4 Å².